The molecule has 3 N–H and O–H groups in total. The van der Waals surface area contributed by atoms with Crippen LogP contribution in [-0.2, 0) is 10.0 Å². The maximum atomic E-state index is 12.2. The molecule has 0 fully saturated rings. The molecule has 2 aromatic rings. The molecule has 0 unspecified atom stereocenters. The van der Waals surface area contributed by atoms with Gasteiger partial charge in [0, 0.05) is 30.2 Å². The first-order valence-corrected chi connectivity index (χ1v) is 8.52. The third kappa shape index (κ3) is 3.92. The van der Waals surface area contributed by atoms with Gasteiger partial charge in [-0.3, -0.25) is 9.59 Å². The number of amides is 1. The molecule has 0 atom stereocenters. The minimum Gasteiger partial charge on any atom is -0.358 e. The number of aromatic nitrogens is 1. The van der Waals surface area contributed by atoms with Gasteiger partial charge in [0.2, 0.25) is 10.0 Å². The Morgan fingerprint density at radius 2 is 2.00 bits per heavy atom. The number of H-pyrrole nitrogens is 1. The Balaban J connectivity index is 2.20. The lowest BCUT2D eigenvalue weighted by atomic mass is 10.1. The summed E-state index contributed by atoms with van der Waals surface area (Å²) in [5.74, 6) is -0.373. The first kappa shape index (κ1) is 16.2. The Labute approximate surface area is 127 Å². The number of hydrogen-bond donors (Lipinski definition) is 3. The van der Waals surface area contributed by atoms with Gasteiger partial charge in [0.25, 0.3) is 5.91 Å². The number of rotatable bonds is 5. The van der Waals surface area contributed by atoms with E-state index in [0.29, 0.717) is 22.2 Å². The number of aromatic amines is 1. The van der Waals surface area contributed by atoms with Gasteiger partial charge in [-0.2, -0.15) is 0 Å². The van der Waals surface area contributed by atoms with Gasteiger partial charge in [0.05, 0.1) is 17.3 Å². The quantitative estimate of drug-likeness (QED) is 0.679. The van der Waals surface area contributed by atoms with Crippen molar-refractivity contribution in [1.82, 2.24) is 15.0 Å². The van der Waals surface area contributed by atoms with Crippen LogP contribution >= 0.6 is 0 Å². The second-order valence-corrected chi connectivity index (χ2v) is 6.80. The standard InChI is InChI=1S/C14H17N3O4S/c1-9-8-12(18)10-4-3-5-11(13(10)17-9)14(19)15-6-7-16-22(2,20)21/h3-5,8,16H,6-7H2,1-2H3,(H,15,19)(H,17,18). The highest BCUT2D eigenvalue weighted by molar-refractivity contribution is 7.88. The summed E-state index contributed by atoms with van der Waals surface area (Å²) < 4.78 is 24.1. The Hall–Kier alpha value is -2.19. The van der Waals surface area contributed by atoms with E-state index >= 15 is 0 Å². The number of para-hydroxylation sites is 1. The fraction of sp³-hybridized carbons (Fsp3) is 0.286. The molecule has 0 aliphatic heterocycles. The molecule has 2 rings (SSSR count). The summed E-state index contributed by atoms with van der Waals surface area (Å²) in [6, 6.07) is 6.36. The molecule has 1 aromatic carbocycles. The lowest BCUT2D eigenvalue weighted by molar-refractivity contribution is 0.0956. The number of benzene rings is 1. The van der Waals surface area contributed by atoms with Gasteiger partial charge in [0.15, 0.2) is 5.43 Å². The van der Waals surface area contributed by atoms with Gasteiger partial charge in [-0.05, 0) is 19.1 Å². The number of sulfonamides is 1. The highest BCUT2D eigenvalue weighted by Crippen LogP contribution is 2.14. The van der Waals surface area contributed by atoms with Gasteiger partial charge < -0.3 is 10.3 Å². The molecule has 0 radical (unpaired) electrons. The van der Waals surface area contributed by atoms with Gasteiger partial charge in [0.1, 0.15) is 0 Å². The van der Waals surface area contributed by atoms with Gasteiger partial charge >= 0.3 is 0 Å². The van der Waals surface area contributed by atoms with Crippen molar-refractivity contribution in [2.45, 2.75) is 6.92 Å². The smallest absolute Gasteiger partial charge is 0.253 e. The van der Waals surface area contributed by atoms with Crippen molar-refractivity contribution < 1.29 is 13.2 Å². The Kier molecular flexibility index (Phi) is 4.62. The van der Waals surface area contributed by atoms with Crippen LogP contribution in [0, 0.1) is 6.92 Å². The van der Waals surface area contributed by atoms with Crippen molar-refractivity contribution >= 4 is 26.8 Å². The number of pyridine rings is 1. The SMILES string of the molecule is Cc1cc(=O)c2cccc(C(=O)NCCNS(C)(=O)=O)c2[nH]1. The van der Waals surface area contributed by atoms with Crippen LogP contribution in [0.4, 0.5) is 0 Å². The molecule has 0 aliphatic carbocycles. The van der Waals surface area contributed by atoms with Gasteiger partial charge in [-0.15, -0.1) is 0 Å². The highest BCUT2D eigenvalue weighted by atomic mass is 32.2. The molecule has 0 saturated carbocycles. The number of aryl methyl sites for hydroxylation is 1. The van der Waals surface area contributed by atoms with Crippen molar-refractivity contribution in [1.29, 1.82) is 0 Å². The fourth-order valence-electron chi connectivity index (χ4n) is 2.10. The number of nitrogens with one attached hydrogen (secondary N) is 3. The molecule has 0 aliphatic rings. The van der Waals surface area contributed by atoms with E-state index < -0.39 is 10.0 Å². The normalized spacial score (nSPS) is 11.5. The Bertz CT molecular complexity index is 871. The van der Waals surface area contributed by atoms with E-state index in [9.17, 15) is 18.0 Å². The van der Waals surface area contributed by atoms with Crippen LogP contribution in [-0.4, -0.2) is 38.7 Å². The summed E-state index contributed by atoms with van der Waals surface area (Å²) >= 11 is 0. The molecule has 22 heavy (non-hydrogen) atoms. The first-order chi connectivity index (χ1) is 10.3. The summed E-state index contributed by atoms with van der Waals surface area (Å²) in [6.07, 6.45) is 1.05. The van der Waals surface area contributed by atoms with Gasteiger partial charge in [-0.25, -0.2) is 13.1 Å². The summed E-state index contributed by atoms with van der Waals surface area (Å²) in [5, 5.41) is 3.05. The zero-order valence-electron chi connectivity index (χ0n) is 12.3. The maximum Gasteiger partial charge on any atom is 0.253 e. The van der Waals surface area contributed by atoms with Crippen molar-refractivity contribution in [3.8, 4) is 0 Å². The molecule has 8 heteroatoms. The van der Waals surface area contributed by atoms with Crippen molar-refractivity contribution in [2.24, 2.45) is 0 Å². The zero-order valence-corrected chi connectivity index (χ0v) is 13.1. The van der Waals surface area contributed by atoms with Crippen LogP contribution in [0.1, 0.15) is 16.1 Å². The predicted octanol–water partition coefficient (Wildman–Crippen LogP) is 0.116. The fourth-order valence-corrected chi connectivity index (χ4v) is 2.57. The number of hydrogen-bond acceptors (Lipinski definition) is 4. The van der Waals surface area contributed by atoms with E-state index in [1.807, 2.05) is 0 Å². The third-order valence-corrected chi connectivity index (χ3v) is 3.75. The first-order valence-electron chi connectivity index (χ1n) is 6.63. The lowest BCUT2D eigenvalue weighted by Crippen LogP contribution is -2.34. The van der Waals surface area contributed by atoms with Crippen LogP contribution in [0.3, 0.4) is 0 Å². The topological polar surface area (TPSA) is 108 Å². The van der Waals surface area contributed by atoms with E-state index in [1.54, 1.807) is 25.1 Å². The van der Waals surface area contributed by atoms with E-state index in [-0.39, 0.29) is 24.4 Å². The van der Waals surface area contributed by atoms with Gasteiger partial charge in [-0.1, -0.05) is 6.07 Å². The molecule has 118 valence electrons. The van der Waals surface area contributed by atoms with Crippen LogP contribution in [0.5, 0.6) is 0 Å². The van der Waals surface area contributed by atoms with E-state index in [4.69, 9.17) is 0 Å². The van der Waals surface area contributed by atoms with Crippen molar-refractivity contribution in [3.63, 3.8) is 0 Å². The van der Waals surface area contributed by atoms with Crippen molar-refractivity contribution in [3.05, 3.63) is 45.7 Å². The molecule has 0 spiro atoms. The number of fused-ring (bicyclic) bond motifs is 1. The van der Waals surface area contributed by atoms with Crippen LogP contribution in [0.15, 0.2) is 29.1 Å². The van der Waals surface area contributed by atoms with Crippen LogP contribution in [0.25, 0.3) is 10.9 Å². The average Bonchev–Trinajstić information content (AvgIpc) is 2.41. The van der Waals surface area contributed by atoms with Crippen LogP contribution < -0.4 is 15.5 Å². The number of carbonyl (C=O) groups excluding carboxylic acids is 1. The van der Waals surface area contributed by atoms with E-state index in [1.165, 1.54) is 6.07 Å². The van der Waals surface area contributed by atoms with E-state index in [0.717, 1.165) is 6.26 Å². The lowest BCUT2D eigenvalue weighted by Gasteiger charge is -2.09. The zero-order chi connectivity index (χ0) is 16.3. The summed E-state index contributed by atoms with van der Waals surface area (Å²) in [5.41, 5.74) is 1.33. The Morgan fingerprint density at radius 1 is 1.27 bits per heavy atom. The summed E-state index contributed by atoms with van der Waals surface area (Å²) in [6.45, 7) is 1.99. The molecule has 0 bridgehead atoms. The largest absolute Gasteiger partial charge is 0.358 e. The molecule has 7 nitrogen and oxygen atoms in total. The van der Waals surface area contributed by atoms with Crippen molar-refractivity contribution in [2.75, 3.05) is 19.3 Å². The second-order valence-electron chi connectivity index (χ2n) is 4.97. The maximum absolute atomic E-state index is 12.2. The minimum absolute atomic E-state index is 0.102. The highest BCUT2D eigenvalue weighted by Gasteiger charge is 2.12. The summed E-state index contributed by atoms with van der Waals surface area (Å²) in [4.78, 5) is 27.1. The molecule has 1 amide bonds. The minimum atomic E-state index is -3.28. The average molecular weight is 323 g/mol. The molecule has 1 aromatic heterocycles. The van der Waals surface area contributed by atoms with E-state index in [2.05, 4.69) is 15.0 Å². The number of carbonyl (C=O) groups is 1. The third-order valence-electron chi connectivity index (χ3n) is 3.02. The predicted molar refractivity (Wildman–Crippen MR) is 84.5 cm³/mol. The Morgan fingerprint density at radius 3 is 2.68 bits per heavy atom. The summed E-state index contributed by atoms with van der Waals surface area (Å²) in [7, 11) is -3.28. The molecular weight excluding hydrogens is 306 g/mol. The molecular formula is C14H17N3O4S. The second kappa shape index (κ2) is 6.29. The monoisotopic (exact) mass is 323 g/mol. The van der Waals surface area contributed by atoms with Crippen LogP contribution in [0.2, 0.25) is 0 Å². The molecule has 0 saturated heterocycles. The molecule has 1 heterocycles.